The quantitative estimate of drug-likeness (QED) is 0.760. The van der Waals surface area contributed by atoms with Gasteiger partial charge in [0.1, 0.15) is 5.82 Å². The monoisotopic (exact) mass is 371 g/mol. The Morgan fingerprint density at radius 3 is 2.91 bits per heavy atom. The van der Waals surface area contributed by atoms with Crippen molar-refractivity contribution in [2.45, 2.75) is 38.6 Å². The van der Waals surface area contributed by atoms with Crippen LogP contribution in [0.3, 0.4) is 0 Å². The second kappa shape index (κ2) is 7.72. The predicted octanol–water partition coefficient (Wildman–Crippen LogP) is 3.54. The number of piperidine rings is 1. The van der Waals surface area contributed by atoms with Crippen LogP contribution in [0, 0.1) is 5.82 Å². The Balaban J connectivity index is 1.95. The van der Waals surface area contributed by atoms with Gasteiger partial charge in [-0.05, 0) is 59.8 Å². The number of halogens is 2. The Morgan fingerprint density at radius 2 is 2.18 bits per heavy atom. The highest BCUT2D eigenvalue weighted by atomic mass is 79.9. The van der Waals surface area contributed by atoms with Gasteiger partial charge in [-0.2, -0.15) is 0 Å². The second-order valence-electron chi connectivity index (χ2n) is 5.35. The van der Waals surface area contributed by atoms with Crippen molar-refractivity contribution in [3.63, 3.8) is 0 Å². The Bertz CT molecular complexity index is 564. The summed E-state index contributed by atoms with van der Waals surface area (Å²) in [4.78, 5) is 26.0. The van der Waals surface area contributed by atoms with E-state index in [4.69, 9.17) is 4.74 Å². The minimum Gasteiger partial charge on any atom is -0.452 e. The molecule has 1 amide bonds. The smallest absolute Gasteiger partial charge is 0.339 e. The summed E-state index contributed by atoms with van der Waals surface area (Å²) in [7, 11) is 0. The molecule has 1 aromatic rings. The first-order chi connectivity index (χ1) is 10.5. The summed E-state index contributed by atoms with van der Waals surface area (Å²) in [6.07, 6.45) is 3.99. The molecule has 0 N–H and O–H groups in total. The molecule has 0 aromatic heterocycles. The van der Waals surface area contributed by atoms with E-state index in [0.29, 0.717) is 11.0 Å². The van der Waals surface area contributed by atoms with Gasteiger partial charge in [0, 0.05) is 17.1 Å². The molecule has 1 aromatic carbocycles. The molecular formula is C16H19BrFNO3. The van der Waals surface area contributed by atoms with Gasteiger partial charge in [0.05, 0.1) is 5.56 Å². The average Bonchev–Trinajstić information content (AvgIpc) is 2.54. The van der Waals surface area contributed by atoms with E-state index >= 15 is 0 Å². The molecule has 0 bridgehead atoms. The minimum atomic E-state index is -0.704. The van der Waals surface area contributed by atoms with Crippen LogP contribution in [-0.2, 0) is 9.53 Å². The summed E-state index contributed by atoms with van der Waals surface area (Å²) in [6.45, 7) is 2.45. The Hall–Kier alpha value is -1.43. The molecule has 0 spiro atoms. The first kappa shape index (κ1) is 16.9. The van der Waals surface area contributed by atoms with Gasteiger partial charge in [0.25, 0.3) is 5.91 Å². The zero-order chi connectivity index (χ0) is 16.1. The first-order valence-corrected chi connectivity index (χ1v) is 8.24. The van der Waals surface area contributed by atoms with Crippen LogP contribution in [0.1, 0.15) is 43.0 Å². The van der Waals surface area contributed by atoms with Gasteiger partial charge < -0.3 is 9.64 Å². The van der Waals surface area contributed by atoms with E-state index in [1.54, 1.807) is 4.90 Å². The number of nitrogens with zero attached hydrogens (tertiary/aromatic N) is 1. The highest BCUT2D eigenvalue weighted by molar-refractivity contribution is 9.10. The molecule has 1 heterocycles. The lowest BCUT2D eigenvalue weighted by molar-refractivity contribution is -0.138. The Morgan fingerprint density at radius 1 is 1.41 bits per heavy atom. The predicted molar refractivity (Wildman–Crippen MR) is 84.0 cm³/mol. The number of esters is 1. The summed E-state index contributed by atoms with van der Waals surface area (Å²) < 4.78 is 18.7. The average molecular weight is 372 g/mol. The molecule has 1 aliphatic rings. The maximum Gasteiger partial charge on any atom is 0.339 e. The number of rotatable bonds is 4. The third kappa shape index (κ3) is 4.06. The molecule has 6 heteroatoms. The lowest BCUT2D eigenvalue weighted by Gasteiger charge is -2.35. The van der Waals surface area contributed by atoms with Crippen LogP contribution in [0.25, 0.3) is 0 Å². The SMILES string of the molecule is CCC1CCCCN1C(=O)COC(=O)c1cc(F)ccc1Br. The van der Waals surface area contributed by atoms with E-state index in [1.165, 1.54) is 12.1 Å². The van der Waals surface area contributed by atoms with Crippen molar-refractivity contribution in [2.75, 3.05) is 13.2 Å². The van der Waals surface area contributed by atoms with Gasteiger partial charge in [-0.3, -0.25) is 4.79 Å². The van der Waals surface area contributed by atoms with E-state index in [0.717, 1.165) is 31.7 Å². The van der Waals surface area contributed by atoms with E-state index in [2.05, 4.69) is 15.9 Å². The van der Waals surface area contributed by atoms with Crippen molar-refractivity contribution in [3.8, 4) is 0 Å². The minimum absolute atomic E-state index is 0.0819. The Kier molecular flexibility index (Phi) is 5.94. The maximum atomic E-state index is 13.2. The van der Waals surface area contributed by atoms with Gasteiger partial charge in [-0.15, -0.1) is 0 Å². The second-order valence-corrected chi connectivity index (χ2v) is 6.20. The fourth-order valence-electron chi connectivity index (χ4n) is 2.70. The summed E-state index contributed by atoms with van der Waals surface area (Å²) >= 11 is 3.17. The fraction of sp³-hybridized carbons (Fsp3) is 0.500. The number of amides is 1. The van der Waals surface area contributed by atoms with Crippen LogP contribution in [0.4, 0.5) is 4.39 Å². The number of ether oxygens (including phenoxy) is 1. The van der Waals surface area contributed by atoms with E-state index in [-0.39, 0.29) is 24.1 Å². The fourth-order valence-corrected chi connectivity index (χ4v) is 3.10. The zero-order valence-corrected chi connectivity index (χ0v) is 14.1. The molecule has 0 saturated carbocycles. The highest BCUT2D eigenvalue weighted by Crippen LogP contribution is 2.21. The lowest BCUT2D eigenvalue weighted by atomic mass is 10.00. The zero-order valence-electron chi connectivity index (χ0n) is 12.5. The first-order valence-electron chi connectivity index (χ1n) is 7.44. The molecule has 1 atom stereocenters. The number of carbonyl (C=O) groups excluding carboxylic acids is 2. The van der Waals surface area contributed by atoms with Gasteiger partial charge in [-0.25, -0.2) is 9.18 Å². The topological polar surface area (TPSA) is 46.6 Å². The normalized spacial score (nSPS) is 18.1. The van der Waals surface area contributed by atoms with Crippen molar-refractivity contribution in [1.29, 1.82) is 0 Å². The molecule has 2 rings (SSSR count). The molecule has 0 radical (unpaired) electrons. The number of hydrogen-bond acceptors (Lipinski definition) is 3. The number of hydrogen-bond donors (Lipinski definition) is 0. The molecule has 1 unspecified atom stereocenters. The summed E-state index contributed by atoms with van der Waals surface area (Å²) in [5.41, 5.74) is 0.0819. The summed E-state index contributed by atoms with van der Waals surface area (Å²) in [5.74, 6) is -1.42. The molecule has 22 heavy (non-hydrogen) atoms. The summed E-state index contributed by atoms with van der Waals surface area (Å²) in [6, 6.07) is 3.99. The van der Waals surface area contributed by atoms with Gasteiger partial charge in [-0.1, -0.05) is 6.92 Å². The molecule has 4 nitrogen and oxygen atoms in total. The van der Waals surface area contributed by atoms with Crippen molar-refractivity contribution >= 4 is 27.8 Å². The molecule has 120 valence electrons. The largest absolute Gasteiger partial charge is 0.452 e. The van der Waals surface area contributed by atoms with Crippen molar-refractivity contribution in [2.24, 2.45) is 0 Å². The Labute approximate surface area is 137 Å². The van der Waals surface area contributed by atoms with Gasteiger partial charge in [0.15, 0.2) is 6.61 Å². The third-order valence-corrected chi connectivity index (χ3v) is 4.59. The maximum absolute atomic E-state index is 13.2. The number of likely N-dealkylation sites (tertiary alicyclic amines) is 1. The standard InChI is InChI=1S/C16H19BrFNO3/c1-2-12-5-3-4-8-19(12)15(20)10-22-16(21)13-9-11(18)6-7-14(13)17/h6-7,9,12H,2-5,8,10H2,1H3. The van der Waals surface area contributed by atoms with E-state index < -0.39 is 11.8 Å². The van der Waals surface area contributed by atoms with Crippen LogP contribution in [0.15, 0.2) is 22.7 Å². The van der Waals surface area contributed by atoms with Crippen molar-refractivity contribution < 1.29 is 18.7 Å². The van der Waals surface area contributed by atoms with E-state index in [9.17, 15) is 14.0 Å². The molecule has 1 fully saturated rings. The molecule has 0 aliphatic carbocycles. The molecule has 1 aliphatic heterocycles. The van der Waals surface area contributed by atoms with Gasteiger partial charge >= 0.3 is 5.97 Å². The van der Waals surface area contributed by atoms with Crippen LogP contribution < -0.4 is 0 Å². The number of benzene rings is 1. The van der Waals surface area contributed by atoms with Crippen molar-refractivity contribution in [3.05, 3.63) is 34.1 Å². The molecule has 1 saturated heterocycles. The van der Waals surface area contributed by atoms with Crippen molar-refractivity contribution in [1.82, 2.24) is 4.90 Å². The van der Waals surface area contributed by atoms with Crippen LogP contribution >= 0.6 is 15.9 Å². The molecular weight excluding hydrogens is 353 g/mol. The van der Waals surface area contributed by atoms with Crippen LogP contribution in [-0.4, -0.2) is 36.0 Å². The summed E-state index contributed by atoms with van der Waals surface area (Å²) in [5, 5.41) is 0. The van der Waals surface area contributed by atoms with E-state index in [1.807, 2.05) is 6.92 Å². The third-order valence-electron chi connectivity index (χ3n) is 3.89. The van der Waals surface area contributed by atoms with Crippen LogP contribution in [0.5, 0.6) is 0 Å². The highest BCUT2D eigenvalue weighted by Gasteiger charge is 2.26. The lowest BCUT2D eigenvalue weighted by Crippen LogP contribution is -2.45. The van der Waals surface area contributed by atoms with Crippen LogP contribution in [0.2, 0.25) is 0 Å². The number of carbonyl (C=O) groups is 2. The van der Waals surface area contributed by atoms with Gasteiger partial charge in [0.2, 0.25) is 0 Å².